The quantitative estimate of drug-likeness (QED) is 0.172. The predicted molar refractivity (Wildman–Crippen MR) is 142 cm³/mol. The minimum absolute atomic E-state index is 0.0546. The number of carbonyl (C=O) groups excluding carboxylic acids is 2. The number of unbranched alkanes of at least 4 members (excludes halogenated alkanes) is 1. The Labute approximate surface area is 242 Å². The molecule has 0 aliphatic carbocycles. The predicted octanol–water partition coefficient (Wildman–Crippen LogP) is 4.20. The largest absolute Gasteiger partial charge is 0.573 e. The van der Waals surface area contributed by atoms with E-state index in [0.717, 1.165) is 30.2 Å². The number of carbonyl (C=O) groups is 2. The van der Waals surface area contributed by atoms with Crippen LogP contribution in [0.25, 0.3) is 0 Å². The lowest BCUT2D eigenvalue weighted by Crippen LogP contribution is -2.24. The molecule has 2 N–H and O–H groups in total. The summed E-state index contributed by atoms with van der Waals surface area (Å²) in [5.41, 5.74) is 0.979. The van der Waals surface area contributed by atoms with Crippen molar-refractivity contribution in [3.8, 4) is 5.75 Å². The smallest absolute Gasteiger partial charge is 0.406 e. The van der Waals surface area contributed by atoms with Crippen LogP contribution in [0.15, 0.2) is 48.8 Å². The van der Waals surface area contributed by atoms with Crippen LogP contribution in [-0.2, 0) is 37.3 Å². The van der Waals surface area contributed by atoms with Crippen molar-refractivity contribution in [3.63, 3.8) is 0 Å². The molecule has 0 bridgehead atoms. The summed E-state index contributed by atoms with van der Waals surface area (Å²) < 4.78 is 72.0. The van der Waals surface area contributed by atoms with Crippen molar-refractivity contribution in [3.05, 3.63) is 82.8 Å². The molecule has 0 aliphatic rings. The first-order valence-electron chi connectivity index (χ1n) is 13.2. The van der Waals surface area contributed by atoms with E-state index in [2.05, 4.69) is 36.0 Å². The third kappa shape index (κ3) is 9.31. The van der Waals surface area contributed by atoms with E-state index in [0.29, 0.717) is 31.5 Å². The molecule has 4 aromatic rings. The Morgan fingerprint density at radius 3 is 2.30 bits per heavy atom. The van der Waals surface area contributed by atoms with Crippen LogP contribution in [0.3, 0.4) is 0 Å². The molecule has 11 nitrogen and oxygen atoms in total. The van der Waals surface area contributed by atoms with Gasteiger partial charge in [-0.15, -0.1) is 23.4 Å². The molecule has 0 aliphatic heterocycles. The molecule has 2 heterocycles. The van der Waals surface area contributed by atoms with Gasteiger partial charge in [0.05, 0.1) is 18.8 Å². The van der Waals surface area contributed by atoms with E-state index in [1.807, 2.05) is 6.92 Å². The Hall–Kier alpha value is -4.89. The van der Waals surface area contributed by atoms with Crippen LogP contribution in [0.4, 0.5) is 27.8 Å². The molecule has 0 saturated carbocycles. The van der Waals surface area contributed by atoms with Crippen molar-refractivity contribution in [2.24, 2.45) is 0 Å². The van der Waals surface area contributed by atoms with Gasteiger partial charge in [0, 0.05) is 25.2 Å². The molecule has 0 spiro atoms. The average Bonchev–Trinajstić information content (AvgIpc) is 3.61. The monoisotopic (exact) mass is 606 g/mol. The van der Waals surface area contributed by atoms with Crippen molar-refractivity contribution >= 4 is 17.6 Å². The Kier molecular flexibility index (Phi) is 10.0. The third-order valence-corrected chi connectivity index (χ3v) is 6.16. The van der Waals surface area contributed by atoms with Crippen molar-refractivity contribution in [1.29, 1.82) is 0 Å². The molecule has 43 heavy (non-hydrogen) atoms. The maximum absolute atomic E-state index is 14.0. The van der Waals surface area contributed by atoms with Crippen LogP contribution >= 0.6 is 0 Å². The molecule has 0 saturated heterocycles. The highest BCUT2D eigenvalue weighted by atomic mass is 19.4. The van der Waals surface area contributed by atoms with Crippen LogP contribution in [0.2, 0.25) is 0 Å². The minimum Gasteiger partial charge on any atom is -0.406 e. The van der Waals surface area contributed by atoms with Gasteiger partial charge in [-0.1, -0.05) is 29.5 Å². The number of halogens is 5. The fourth-order valence-corrected chi connectivity index (χ4v) is 4.02. The van der Waals surface area contributed by atoms with Gasteiger partial charge in [0.1, 0.15) is 17.4 Å². The first-order valence-corrected chi connectivity index (χ1v) is 13.2. The van der Waals surface area contributed by atoms with Gasteiger partial charge >= 0.3 is 6.36 Å². The zero-order chi connectivity index (χ0) is 31.0. The van der Waals surface area contributed by atoms with Crippen molar-refractivity contribution in [1.82, 2.24) is 35.3 Å². The summed E-state index contributed by atoms with van der Waals surface area (Å²) in [4.78, 5) is 24.7. The molecule has 2 amide bonds. The summed E-state index contributed by atoms with van der Waals surface area (Å²) >= 11 is 0. The normalized spacial score (nSPS) is 11.4. The van der Waals surface area contributed by atoms with Crippen LogP contribution in [-0.4, -0.2) is 48.2 Å². The zero-order valence-electron chi connectivity index (χ0n) is 22.9. The number of rotatable bonds is 13. The number of amides is 2. The Bertz CT molecular complexity index is 1570. The topological polar surface area (TPSA) is 129 Å². The van der Waals surface area contributed by atoms with Crippen LogP contribution < -0.4 is 15.4 Å². The van der Waals surface area contributed by atoms with Gasteiger partial charge in [-0.25, -0.2) is 8.78 Å². The summed E-state index contributed by atoms with van der Waals surface area (Å²) in [5.74, 6) is -2.74. The van der Waals surface area contributed by atoms with E-state index in [1.165, 1.54) is 16.9 Å². The lowest BCUT2D eigenvalue weighted by Gasteiger charge is -2.11. The van der Waals surface area contributed by atoms with Gasteiger partial charge in [0.15, 0.2) is 11.5 Å². The lowest BCUT2D eigenvalue weighted by atomic mass is 10.1. The van der Waals surface area contributed by atoms with Crippen LogP contribution in [0, 0.1) is 11.6 Å². The van der Waals surface area contributed by atoms with Gasteiger partial charge in [0.2, 0.25) is 5.91 Å². The second kappa shape index (κ2) is 13.8. The number of alkyl halides is 3. The van der Waals surface area contributed by atoms with E-state index >= 15 is 0 Å². The number of aromatic nitrogens is 6. The Balaban J connectivity index is 1.19. The second-order valence-electron chi connectivity index (χ2n) is 9.43. The highest BCUT2D eigenvalue weighted by Crippen LogP contribution is 2.24. The van der Waals surface area contributed by atoms with Gasteiger partial charge in [-0.3, -0.25) is 19.0 Å². The number of aryl methyl sites for hydroxylation is 3. The summed E-state index contributed by atoms with van der Waals surface area (Å²) in [6.45, 7) is 2.43. The maximum Gasteiger partial charge on any atom is 0.573 e. The van der Waals surface area contributed by atoms with Gasteiger partial charge in [-0.2, -0.15) is 0 Å². The number of hydrogen-bond acceptors (Lipinski definition) is 7. The number of nitrogens with one attached hydrogen (secondary N) is 2. The van der Waals surface area contributed by atoms with E-state index in [9.17, 15) is 31.5 Å². The average molecular weight is 607 g/mol. The molecule has 4 rings (SSSR count). The molecule has 0 fully saturated rings. The number of hydrogen-bond donors (Lipinski definition) is 2. The fraction of sp³-hybridized carbons (Fsp3) is 0.333. The van der Waals surface area contributed by atoms with Crippen molar-refractivity contribution in [2.75, 3.05) is 5.32 Å². The van der Waals surface area contributed by atoms with E-state index in [4.69, 9.17) is 0 Å². The second-order valence-corrected chi connectivity index (χ2v) is 9.43. The van der Waals surface area contributed by atoms with Gasteiger partial charge < -0.3 is 15.4 Å². The molecule has 0 radical (unpaired) electrons. The Morgan fingerprint density at radius 1 is 0.907 bits per heavy atom. The highest BCUT2D eigenvalue weighted by molar-refractivity contribution is 5.92. The van der Waals surface area contributed by atoms with Gasteiger partial charge in [-0.05, 0) is 54.7 Å². The van der Waals surface area contributed by atoms with E-state index in [1.54, 1.807) is 23.0 Å². The molecular formula is C27H27F5N8O3. The number of anilines is 1. The molecule has 0 unspecified atom stereocenters. The lowest BCUT2D eigenvalue weighted by molar-refractivity contribution is -0.274. The fourth-order valence-electron chi connectivity index (χ4n) is 4.02. The first kappa shape index (κ1) is 31.1. The third-order valence-electron chi connectivity index (χ3n) is 6.16. The van der Waals surface area contributed by atoms with E-state index < -0.39 is 42.1 Å². The van der Waals surface area contributed by atoms with Crippen LogP contribution in [0.5, 0.6) is 5.75 Å². The standard InChI is InChI=1S/C27H27F5N8O3/c1-2-17-5-7-21(28)18(11-17)13-25(41)34-24-16-40(38-36-24)10-4-3-9-39-15-23(35-37-39)26(42)33-14-19-12-20(6-8-22(19)29)43-27(30,31)32/h5-8,11-12,15-16H,2-4,9-10,13-14H2,1H3,(H,33,42)(H,34,41). The van der Waals surface area contributed by atoms with Crippen molar-refractivity contribution < 1.29 is 36.3 Å². The van der Waals surface area contributed by atoms with Crippen molar-refractivity contribution in [2.45, 2.75) is 58.6 Å². The molecule has 2 aromatic heterocycles. The maximum atomic E-state index is 14.0. The molecular weight excluding hydrogens is 579 g/mol. The molecule has 228 valence electrons. The van der Waals surface area contributed by atoms with E-state index in [-0.39, 0.29) is 23.5 Å². The number of benzene rings is 2. The zero-order valence-corrected chi connectivity index (χ0v) is 22.9. The molecule has 2 aromatic carbocycles. The first-order chi connectivity index (χ1) is 20.5. The molecule has 0 atom stereocenters. The highest BCUT2D eigenvalue weighted by Gasteiger charge is 2.31. The summed E-state index contributed by atoms with van der Waals surface area (Å²) in [6, 6.07) is 7.18. The molecule has 16 heteroatoms. The van der Waals surface area contributed by atoms with Gasteiger partial charge in [0.25, 0.3) is 5.91 Å². The number of ether oxygens (including phenoxy) is 1. The minimum atomic E-state index is -4.93. The summed E-state index contributed by atoms with van der Waals surface area (Å²) in [5, 5.41) is 20.5. The summed E-state index contributed by atoms with van der Waals surface area (Å²) in [7, 11) is 0. The Morgan fingerprint density at radius 2 is 1.58 bits per heavy atom. The van der Waals surface area contributed by atoms with Crippen LogP contribution in [0.1, 0.15) is 46.9 Å². The summed E-state index contributed by atoms with van der Waals surface area (Å²) in [6.07, 6.45) is -0.134. The number of nitrogens with zero attached hydrogens (tertiary/aromatic N) is 6. The SMILES string of the molecule is CCc1ccc(F)c(CC(=O)Nc2cn(CCCCn3cc(C(=O)NCc4cc(OC(F)(F)F)ccc4F)nn3)nn2)c1.